The molecule has 2 heterocycles. The predicted octanol–water partition coefficient (Wildman–Crippen LogP) is 4.53. The molecule has 1 fully saturated rings. The lowest BCUT2D eigenvalue weighted by atomic mass is 9.82. The molecule has 2 aliphatic rings. The van der Waals surface area contributed by atoms with Gasteiger partial charge in [-0.2, -0.15) is 0 Å². The zero-order chi connectivity index (χ0) is 23.7. The highest BCUT2D eigenvalue weighted by molar-refractivity contribution is 6.08. The minimum atomic E-state index is -1.13. The van der Waals surface area contributed by atoms with Crippen LogP contribution in [-0.4, -0.2) is 30.1 Å². The number of anilines is 3. The molecule has 3 aromatic rings. The summed E-state index contributed by atoms with van der Waals surface area (Å²) < 4.78 is 6.49. The van der Waals surface area contributed by atoms with Crippen LogP contribution in [0.5, 0.6) is 0 Å². The van der Waals surface area contributed by atoms with E-state index in [1.807, 2.05) is 85.8 Å². The summed E-state index contributed by atoms with van der Waals surface area (Å²) in [5, 5.41) is 9.51. The van der Waals surface area contributed by atoms with Crippen molar-refractivity contribution in [1.82, 2.24) is 0 Å². The van der Waals surface area contributed by atoms with E-state index in [1.165, 1.54) is 0 Å². The number of amides is 2. The van der Waals surface area contributed by atoms with Crippen molar-refractivity contribution in [2.75, 3.05) is 16.4 Å². The first-order valence-corrected chi connectivity index (χ1v) is 11.7. The summed E-state index contributed by atoms with van der Waals surface area (Å²) in [5.74, 6) is -0.165. The van der Waals surface area contributed by atoms with E-state index in [0.717, 1.165) is 28.9 Å². The SMILES string of the molecule is C[C@@H]1C[C@H](CCO)O[C@@]12C(=O)N(Cc1ccccc1)c1ccc(N(C=O)c3ccccc3)cc12. The first-order valence-electron chi connectivity index (χ1n) is 11.7. The molecule has 0 radical (unpaired) electrons. The van der Waals surface area contributed by atoms with Crippen LogP contribution in [0.1, 0.15) is 30.9 Å². The van der Waals surface area contributed by atoms with E-state index in [-0.39, 0.29) is 24.5 Å². The van der Waals surface area contributed by atoms with Crippen molar-refractivity contribution in [3.8, 4) is 0 Å². The normalized spacial score (nSPS) is 23.4. The van der Waals surface area contributed by atoms with Gasteiger partial charge in [-0.05, 0) is 48.7 Å². The summed E-state index contributed by atoms with van der Waals surface area (Å²) in [5.41, 5.74) is 2.89. The maximum absolute atomic E-state index is 14.0. The summed E-state index contributed by atoms with van der Waals surface area (Å²) in [4.78, 5) is 29.5. The Bertz CT molecular complexity index is 1180. The van der Waals surface area contributed by atoms with Gasteiger partial charge in [0.05, 0.1) is 18.3 Å². The second-order valence-corrected chi connectivity index (χ2v) is 9.01. The van der Waals surface area contributed by atoms with Crippen molar-refractivity contribution < 1.29 is 19.4 Å². The largest absolute Gasteiger partial charge is 0.396 e. The molecule has 34 heavy (non-hydrogen) atoms. The third-order valence-corrected chi connectivity index (χ3v) is 6.95. The maximum Gasteiger partial charge on any atom is 0.264 e. The molecule has 0 bridgehead atoms. The lowest BCUT2D eigenvalue weighted by molar-refractivity contribution is -0.146. The summed E-state index contributed by atoms with van der Waals surface area (Å²) >= 11 is 0. The molecule has 1 N–H and O–H groups in total. The van der Waals surface area contributed by atoms with Crippen molar-refractivity contribution in [2.45, 2.75) is 38.0 Å². The predicted molar refractivity (Wildman–Crippen MR) is 131 cm³/mol. The molecule has 0 saturated carbocycles. The molecule has 2 aliphatic heterocycles. The highest BCUT2D eigenvalue weighted by Gasteiger charge is 2.60. The number of aliphatic hydroxyl groups is 1. The number of nitrogens with zero attached hydrogens (tertiary/aromatic N) is 2. The van der Waals surface area contributed by atoms with Gasteiger partial charge in [0.25, 0.3) is 5.91 Å². The second-order valence-electron chi connectivity index (χ2n) is 9.01. The third kappa shape index (κ3) is 3.59. The molecule has 1 spiro atoms. The summed E-state index contributed by atoms with van der Waals surface area (Å²) in [7, 11) is 0. The minimum Gasteiger partial charge on any atom is -0.396 e. The fourth-order valence-electron chi connectivity index (χ4n) is 5.31. The van der Waals surface area contributed by atoms with E-state index in [1.54, 1.807) is 9.80 Å². The average Bonchev–Trinajstić information content (AvgIpc) is 3.31. The summed E-state index contributed by atoms with van der Waals surface area (Å²) in [6, 6.07) is 25.0. The Morgan fingerprint density at radius 2 is 1.76 bits per heavy atom. The lowest BCUT2D eigenvalue weighted by Crippen LogP contribution is -2.43. The standard InChI is InChI=1S/C28H28N2O4/c1-20-16-24(14-15-31)34-28(20)25-17-23(30(19-32)22-10-6-3-7-11-22)12-13-26(25)29(27(28)33)18-21-8-4-2-5-9-21/h2-13,17,19-20,24,31H,14-16,18H2,1H3/t20-,24+,28+/m1/s1. The second kappa shape index (κ2) is 9.05. The highest BCUT2D eigenvalue weighted by atomic mass is 16.5. The fourth-order valence-corrected chi connectivity index (χ4v) is 5.31. The van der Waals surface area contributed by atoms with Gasteiger partial charge in [0.15, 0.2) is 5.60 Å². The number of carbonyl (C=O) groups excluding carboxylic acids is 2. The molecule has 6 heteroatoms. The number of aliphatic hydroxyl groups excluding tert-OH is 1. The van der Waals surface area contributed by atoms with Gasteiger partial charge in [-0.15, -0.1) is 0 Å². The fraction of sp³-hybridized carbons (Fsp3) is 0.286. The Labute approximate surface area is 199 Å². The van der Waals surface area contributed by atoms with Gasteiger partial charge in [-0.3, -0.25) is 14.5 Å². The van der Waals surface area contributed by atoms with Gasteiger partial charge in [0.1, 0.15) is 0 Å². The number of benzene rings is 3. The minimum absolute atomic E-state index is 0.00914. The smallest absolute Gasteiger partial charge is 0.264 e. The molecular weight excluding hydrogens is 428 g/mol. The van der Waals surface area contributed by atoms with Crippen LogP contribution in [0.2, 0.25) is 0 Å². The van der Waals surface area contributed by atoms with Crippen LogP contribution in [-0.2, 0) is 26.5 Å². The number of fused-ring (bicyclic) bond motifs is 2. The number of para-hydroxylation sites is 1. The van der Waals surface area contributed by atoms with Crippen LogP contribution in [0, 0.1) is 5.92 Å². The van der Waals surface area contributed by atoms with Crippen LogP contribution >= 0.6 is 0 Å². The Morgan fingerprint density at radius 1 is 1.06 bits per heavy atom. The molecule has 6 nitrogen and oxygen atoms in total. The van der Waals surface area contributed by atoms with Gasteiger partial charge < -0.3 is 14.7 Å². The van der Waals surface area contributed by atoms with Gasteiger partial charge in [-0.25, -0.2) is 0 Å². The van der Waals surface area contributed by atoms with E-state index < -0.39 is 5.60 Å². The van der Waals surface area contributed by atoms with Gasteiger partial charge in [0.2, 0.25) is 6.41 Å². The molecule has 3 atom stereocenters. The van der Waals surface area contributed by atoms with Crippen molar-refractivity contribution in [3.05, 3.63) is 90.0 Å². The van der Waals surface area contributed by atoms with E-state index in [0.29, 0.717) is 25.1 Å². The molecule has 174 valence electrons. The summed E-state index contributed by atoms with van der Waals surface area (Å²) in [6.45, 7) is 2.48. The molecule has 2 amide bonds. The monoisotopic (exact) mass is 456 g/mol. The first kappa shape index (κ1) is 22.3. The highest BCUT2D eigenvalue weighted by Crippen LogP contribution is 2.54. The van der Waals surface area contributed by atoms with Crippen LogP contribution in [0.15, 0.2) is 78.9 Å². The molecule has 1 saturated heterocycles. The molecule has 0 unspecified atom stereocenters. The molecule has 0 aliphatic carbocycles. The zero-order valence-corrected chi connectivity index (χ0v) is 19.1. The Kier molecular flexibility index (Phi) is 5.94. The Hall–Kier alpha value is -3.48. The molecular formula is C28H28N2O4. The molecule has 5 rings (SSSR count). The number of hydrogen-bond acceptors (Lipinski definition) is 4. The van der Waals surface area contributed by atoms with Crippen molar-refractivity contribution >= 4 is 29.4 Å². The van der Waals surface area contributed by atoms with E-state index in [9.17, 15) is 14.7 Å². The van der Waals surface area contributed by atoms with Crippen molar-refractivity contribution in [2.24, 2.45) is 5.92 Å². The number of carbonyl (C=O) groups is 2. The lowest BCUT2D eigenvalue weighted by Gasteiger charge is -2.28. The van der Waals surface area contributed by atoms with Gasteiger partial charge >= 0.3 is 0 Å². The van der Waals surface area contributed by atoms with Crippen molar-refractivity contribution in [1.29, 1.82) is 0 Å². The number of rotatable bonds is 7. The maximum atomic E-state index is 14.0. The van der Waals surface area contributed by atoms with Gasteiger partial charge in [0, 0.05) is 29.5 Å². The van der Waals surface area contributed by atoms with Crippen LogP contribution < -0.4 is 9.80 Å². The number of ether oxygens (including phenoxy) is 1. The molecule has 0 aromatic heterocycles. The average molecular weight is 457 g/mol. The topological polar surface area (TPSA) is 70.1 Å². The van der Waals surface area contributed by atoms with Crippen molar-refractivity contribution in [3.63, 3.8) is 0 Å². The van der Waals surface area contributed by atoms with E-state index in [4.69, 9.17) is 4.74 Å². The van der Waals surface area contributed by atoms with Crippen LogP contribution in [0.4, 0.5) is 17.1 Å². The van der Waals surface area contributed by atoms with E-state index in [2.05, 4.69) is 0 Å². The van der Waals surface area contributed by atoms with Crippen LogP contribution in [0.3, 0.4) is 0 Å². The Balaban J connectivity index is 1.61. The number of hydrogen-bond donors (Lipinski definition) is 1. The summed E-state index contributed by atoms with van der Waals surface area (Å²) in [6.07, 6.45) is 1.76. The Morgan fingerprint density at radius 3 is 2.44 bits per heavy atom. The third-order valence-electron chi connectivity index (χ3n) is 6.95. The quantitative estimate of drug-likeness (QED) is 0.531. The van der Waals surface area contributed by atoms with Gasteiger partial charge in [-0.1, -0.05) is 55.5 Å². The van der Waals surface area contributed by atoms with Crippen LogP contribution in [0.25, 0.3) is 0 Å². The zero-order valence-electron chi connectivity index (χ0n) is 19.1. The first-order chi connectivity index (χ1) is 16.6. The van der Waals surface area contributed by atoms with E-state index >= 15 is 0 Å². The molecule has 3 aromatic carbocycles.